The van der Waals surface area contributed by atoms with Crippen LogP contribution in [-0.4, -0.2) is 24.3 Å². The highest BCUT2D eigenvalue weighted by molar-refractivity contribution is 4.91. The Kier molecular flexibility index (Phi) is 2.58. The normalized spacial score (nSPS) is 45.4. The van der Waals surface area contributed by atoms with Gasteiger partial charge >= 0.3 is 0 Å². The third kappa shape index (κ3) is 1.58. The van der Waals surface area contributed by atoms with Gasteiger partial charge < -0.3 is 14.2 Å². The Labute approximate surface area is 85.7 Å². The highest BCUT2D eigenvalue weighted by Gasteiger charge is 2.53. The second-order valence-electron chi connectivity index (χ2n) is 4.62. The van der Waals surface area contributed by atoms with Crippen LogP contribution in [-0.2, 0) is 14.2 Å². The lowest BCUT2D eigenvalue weighted by atomic mass is 9.94. The molecule has 0 aliphatic carbocycles. The third-order valence-electron chi connectivity index (χ3n) is 3.17. The van der Waals surface area contributed by atoms with Crippen molar-refractivity contribution in [3.05, 3.63) is 0 Å². The number of hydrogen-bond acceptors (Lipinski definition) is 3. The topological polar surface area (TPSA) is 27.7 Å². The Bertz CT molecular complexity index is 215. The molecule has 3 heteroatoms. The number of ether oxygens (including phenoxy) is 3. The van der Waals surface area contributed by atoms with Crippen molar-refractivity contribution in [2.75, 3.05) is 0 Å². The molecular formula is C11H20O3. The smallest absolute Gasteiger partial charge is 0.187 e. The molecule has 2 saturated heterocycles. The molecule has 4 atom stereocenters. The van der Waals surface area contributed by atoms with Gasteiger partial charge in [0.1, 0.15) is 6.10 Å². The Morgan fingerprint density at radius 3 is 2.36 bits per heavy atom. The van der Waals surface area contributed by atoms with Gasteiger partial charge in [-0.05, 0) is 26.7 Å². The zero-order valence-electron chi connectivity index (χ0n) is 9.45. The van der Waals surface area contributed by atoms with Crippen molar-refractivity contribution in [3.63, 3.8) is 0 Å². The van der Waals surface area contributed by atoms with Crippen LogP contribution in [0.25, 0.3) is 0 Å². The molecule has 0 aromatic heterocycles. The summed E-state index contributed by atoms with van der Waals surface area (Å²) in [5, 5.41) is 0. The van der Waals surface area contributed by atoms with E-state index in [4.69, 9.17) is 14.2 Å². The average molecular weight is 200 g/mol. The van der Waals surface area contributed by atoms with Gasteiger partial charge in [-0.1, -0.05) is 13.8 Å². The van der Waals surface area contributed by atoms with E-state index in [1.54, 1.807) is 0 Å². The monoisotopic (exact) mass is 200 g/mol. The molecule has 14 heavy (non-hydrogen) atoms. The number of hydrogen-bond donors (Lipinski definition) is 0. The molecule has 2 heterocycles. The van der Waals surface area contributed by atoms with Crippen molar-refractivity contribution in [2.45, 2.75) is 64.8 Å². The predicted molar refractivity (Wildman–Crippen MR) is 52.8 cm³/mol. The van der Waals surface area contributed by atoms with Gasteiger partial charge in [-0.2, -0.15) is 0 Å². The molecule has 1 unspecified atom stereocenters. The zero-order valence-corrected chi connectivity index (χ0v) is 9.45. The largest absolute Gasteiger partial charge is 0.346 e. The molecule has 2 fully saturated rings. The predicted octanol–water partition coefficient (Wildman–Crippen LogP) is 2.30. The van der Waals surface area contributed by atoms with Crippen LogP contribution in [0.5, 0.6) is 0 Å². The Morgan fingerprint density at radius 2 is 1.79 bits per heavy atom. The van der Waals surface area contributed by atoms with Crippen LogP contribution in [0.4, 0.5) is 0 Å². The van der Waals surface area contributed by atoms with Crippen molar-refractivity contribution >= 4 is 0 Å². The van der Waals surface area contributed by atoms with Gasteiger partial charge in [0.2, 0.25) is 0 Å². The summed E-state index contributed by atoms with van der Waals surface area (Å²) < 4.78 is 17.4. The van der Waals surface area contributed by atoms with E-state index in [1.165, 1.54) is 0 Å². The first-order chi connectivity index (χ1) is 6.57. The molecule has 0 saturated carbocycles. The lowest BCUT2D eigenvalue weighted by molar-refractivity contribution is -0.210. The minimum absolute atomic E-state index is 0.139. The molecule has 0 spiro atoms. The molecule has 0 aromatic carbocycles. The Balaban J connectivity index is 2.09. The lowest BCUT2D eigenvalue weighted by Gasteiger charge is -2.24. The van der Waals surface area contributed by atoms with Gasteiger partial charge in [0.25, 0.3) is 0 Å². The molecule has 82 valence electrons. The van der Waals surface area contributed by atoms with Gasteiger partial charge in [0, 0.05) is 5.92 Å². The van der Waals surface area contributed by atoms with E-state index in [1.807, 2.05) is 13.8 Å². The van der Waals surface area contributed by atoms with Crippen LogP contribution >= 0.6 is 0 Å². The highest BCUT2D eigenvalue weighted by Crippen LogP contribution is 2.42. The van der Waals surface area contributed by atoms with Gasteiger partial charge in [-0.25, -0.2) is 0 Å². The first kappa shape index (κ1) is 10.4. The molecule has 2 rings (SSSR count). The second-order valence-corrected chi connectivity index (χ2v) is 4.62. The maximum absolute atomic E-state index is 5.86. The van der Waals surface area contributed by atoms with E-state index in [0.29, 0.717) is 12.0 Å². The minimum Gasteiger partial charge on any atom is -0.346 e. The van der Waals surface area contributed by atoms with Crippen LogP contribution in [0.3, 0.4) is 0 Å². The molecule has 2 aliphatic rings. The van der Waals surface area contributed by atoms with E-state index >= 15 is 0 Å². The van der Waals surface area contributed by atoms with E-state index in [2.05, 4.69) is 13.8 Å². The second kappa shape index (κ2) is 3.47. The summed E-state index contributed by atoms with van der Waals surface area (Å²) in [5.41, 5.74) is 0. The third-order valence-corrected chi connectivity index (χ3v) is 3.17. The van der Waals surface area contributed by atoms with Crippen LogP contribution in [0.15, 0.2) is 0 Å². The van der Waals surface area contributed by atoms with Gasteiger partial charge in [-0.3, -0.25) is 0 Å². The maximum atomic E-state index is 5.86. The van der Waals surface area contributed by atoms with Gasteiger partial charge in [-0.15, -0.1) is 0 Å². The first-order valence-corrected chi connectivity index (χ1v) is 5.58. The molecule has 0 bridgehead atoms. The van der Waals surface area contributed by atoms with Crippen molar-refractivity contribution in [2.24, 2.45) is 5.92 Å². The summed E-state index contributed by atoms with van der Waals surface area (Å²) in [4.78, 5) is 0. The number of rotatable bonds is 2. The van der Waals surface area contributed by atoms with E-state index < -0.39 is 5.79 Å². The van der Waals surface area contributed by atoms with E-state index in [-0.39, 0.29) is 12.4 Å². The fourth-order valence-corrected chi connectivity index (χ4v) is 2.53. The minimum atomic E-state index is -0.471. The van der Waals surface area contributed by atoms with Crippen molar-refractivity contribution in [1.29, 1.82) is 0 Å². The Morgan fingerprint density at radius 1 is 1.07 bits per heavy atom. The van der Waals surface area contributed by atoms with Crippen LogP contribution in [0, 0.1) is 5.92 Å². The molecule has 2 aliphatic heterocycles. The maximum Gasteiger partial charge on any atom is 0.187 e. The summed E-state index contributed by atoms with van der Waals surface area (Å²) in [6.07, 6.45) is 2.45. The molecule has 0 N–H and O–H groups in total. The molecular weight excluding hydrogens is 180 g/mol. The molecule has 3 nitrogen and oxygen atoms in total. The first-order valence-electron chi connectivity index (χ1n) is 5.58. The van der Waals surface area contributed by atoms with Crippen molar-refractivity contribution < 1.29 is 14.2 Å². The van der Waals surface area contributed by atoms with Crippen LogP contribution in [0.1, 0.15) is 40.5 Å². The summed E-state index contributed by atoms with van der Waals surface area (Å²) in [6.45, 7) is 8.23. The van der Waals surface area contributed by atoms with Crippen molar-refractivity contribution in [1.82, 2.24) is 0 Å². The van der Waals surface area contributed by atoms with E-state index in [0.717, 1.165) is 12.8 Å². The van der Waals surface area contributed by atoms with Crippen molar-refractivity contribution in [3.8, 4) is 0 Å². The lowest BCUT2D eigenvalue weighted by Crippen LogP contribution is -2.29. The fourth-order valence-electron chi connectivity index (χ4n) is 2.53. The van der Waals surface area contributed by atoms with Crippen LogP contribution < -0.4 is 0 Å². The van der Waals surface area contributed by atoms with Crippen LogP contribution in [0.2, 0.25) is 0 Å². The van der Waals surface area contributed by atoms with E-state index in [9.17, 15) is 0 Å². The molecule has 0 aromatic rings. The Hall–Kier alpha value is -0.120. The summed E-state index contributed by atoms with van der Waals surface area (Å²) in [5.74, 6) is 0.0216. The SMILES string of the molecule is CC[C@@H]1C2OC(C)(C)O[C@H]2O[C@@H]1CC. The number of fused-ring (bicyclic) bond motifs is 1. The molecule has 0 radical (unpaired) electrons. The average Bonchev–Trinajstić information content (AvgIpc) is 2.55. The van der Waals surface area contributed by atoms with Gasteiger partial charge in [0.15, 0.2) is 12.1 Å². The van der Waals surface area contributed by atoms with Gasteiger partial charge in [0.05, 0.1) is 6.10 Å². The summed E-state index contributed by atoms with van der Waals surface area (Å²) >= 11 is 0. The fraction of sp³-hybridized carbons (Fsp3) is 1.00. The molecule has 0 amide bonds. The summed E-state index contributed by atoms with van der Waals surface area (Å²) in [7, 11) is 0. The zero-order chi connectivity index (χ0) is 10.3. The summed E-state index contributed by atoms with van der Waals surface area (Å²) in [6, 6.07) is 0. The standard InChI is InChI=1S/C11H20O3/c1-5-7-8(6-2)12-10-9(7)13-11(3,4)14-10/h7-10H,5-6H2,1-4H3/t7-,8+,9?,10+/m0/s1. The quantitative estimate of drug-likeness (QED) is 0.684. The highest BCUT2D eigenvalue weighted by atomic mass is 16.8.